The lowest BCUT2D eigenvalue weighted by atomic mass is 9.94. The zero-order valence-electron chi connectivity index (χ0n) is 21.1. The van der Waals surface area contributed by atoms with E-state index in [2.05, 4.69) is 0 Å². The van der Waals surface area contributed by atoms with Crippen LogP contribution < -0.4 is 0 Å². The van der Waals surface area contributed by atoms with Gasteiger partial charge in [0.2, 0.25) is 0 Å². The van der Waals surface area contributed by atoms with E-state index < -0.39 is 12.1 Å². The molecule has 0 saturated carbocycles. The van der Waals surface area contributed by atoms with Gasteiger partial charge >= 0.3 is 12.1 Å². The quantitative estimate of drug-likeness (QED) is 0.493. The number of ether oxygens (including phenoxy) is 2. The van der Waals surface area contributed by atoms with Crippen LogP contribution in [0.3, 0.4) is 0 Å². The molecule has 8 nitrogen and oxygen atoms in total. The minimum atomic E-state index is -0.479. The molecule has 9 heteroatoms. The van der Waals surface area contributed by atoms with Crippen molar-refractivity contribution in [3.8, 4) is 0 Å². The number of esters is 1. The van der Waals surface area contributed by atoms with E-state index in [-0.39, 0.29) is 25.0 Å². The minimum Gasteiger partial charge on any atom is -0.463 e. The van der Waals surface area contributed by atoms with Crippen molar-refractivity contribution in [1.29, 1.82) is 0 Å². The van der Waals surface area contributed by atoms with Gasteiger partial charge in [-0.3, -0.25) is 19.5 Å². The van der Waals surface area contributed by atoms with E-state index in [9.17, 15) is 14.4 Å². The summed E-state index contributed by atoms with van der Waals surface area (Å²) in [7, 11) is 0. The predicted octanol–water partition coefficient (Wildman–Crippen LogP) is 4.78. The van der Waals surface area contributed by atoms with Gasteiger partial charge in [0.15, 0.2) is 0 Å². The molecule has 1 aliphatic carbocycles. The largest absolute Gasteiger partial charge is 0.463 e. The zero-order chi connectivity index (χ0) is 25.7. The summed E-state index contributed by atoms with van der Waals surface area (Å²) in [4.78, 5) is 46.2. The number of hydrogen-bond donors (Lipinski definition) is 0. The second kappa shape index (κ2) is 11.9. The zero-order valence-corrected chi connectivity index (χ0v) is 21.8. The number of carbonyl (C=O) groups is 3. The van der Waals surface area contributed by atoms with Crippen molar-refractivity contribution < 1.29 is 23.9 Å². The molecule has 4 rings (SSSR count). The summed E-state index contributed by atoms with van der Waals surface area (Å²) < 4.78 is 10.7. The van der Waals surface area contributed by atoms with Crippen LogP contribution in [0.5, 0.6) is 0 Å². The summed E-state index contributed by atoms with van der Waals surface area (Å²) in [5, 5.41) is 1.60. The van der Waals surface area contributed by atoms with E-state index in [1.807, 2.05) is 19.9 Å². The molecule has 1 aromatic heterocycles. The molecule has 2 heterocycles. The van der Waals surface area contributed by atoms with Crippen molar-refractivity contribution in [3.63, 3.8) is 0 Å². The first kappa shape index (κ1) is 26.2. The summed E-state index contributed by atoms with van der Waals surface area (Å²) in [6.07, 6.45) is 5.30. The molecule has 0 N–H and O–H groups in total. The van der Waals surface area contributed by atoms with Crippen LogP contribution in [0.4, 0.5) is 4.79 Å². The van der Waals surface area contributed by atoms with Crippen molar-refractivity contribution in [3.05, 3.63) is 40.0 Å². The molecule has 2 aromatic rings. The number of aromatic nitrogens is 1. The average molecular weight is 516 g/mol. The monoisotopic (exact) mass is 515 g/mol. The molecule has 1 unspecified atom stereocenters. The van der Waals surface area contributed by atoms with Gasteiger partial charge in [-0.05, 0) is 56.2 Å². The molecule has 2 amide bonds. The van der Waals surface area contributed by atoms with Gasteiger partial charge in [-0.1, -0.05) is 31.5 Å². The molecule has 1 aromatic carbocycles. The topological polar surface area (TPSA) is 89.0 Å². The van der Waals surface area contributed by atoms with Crippen molar-refractivity contribution in [2.24, 2.45) is 0 Å². The standard InChI is InChI=1S/C27H34ClN3O5/c1-3-7-24(32)36-17-19-16-30(12-13-31(19)27(34)35-14-4-2)26(33)18-10-11-21-23(15-18)29-22-9-6-5-8-20(22)25(21)28/h10-11,15,19H,3-9,12-14,16-17H2,1-2H3. The van der Waals surface area contributed by atoms with Crippen molar-refractivity contribution >= 4 is 40.5 Å². The summed E-state index contributed by atoms with van der Waals surface area (Å²) in [5.74, 6) is -0.470. The number of fused-ring (bicyclic) bond motifs is 2. The van der Waals surface area contributed by atoms with Crippen LogP contribution in [0.1, 0.15) is 67.6 Å². The lowest BCUT2D eigenvalue weighted by molar-refractivity contribution is -0.145. The highest BCUT2D eigenvalue weighted by Gasteiger charge is 2.34. The molecule has 2 aliphatic rings. The number of pyridine rings is 1. The first-order chi connectivity index (χ1) is 17.4. The van der Waals surface area contributed by atoms with Gasteiger partial charge in [0.1, 0.15) is 6.61 Å². The Hall–Kier alpha value is -2.87. The number of aryl methyl sites for hydroxylation is 1. The number of amides is 2. The number of rotatable bonds is 7. The van der Waals surface area contributed by atoms with Crippen molar-refractivity contribution in [1.82, 2.24) is 14.8 Å². The minimum absolute atomic E-state index is 0.0187. The lowest BCUT2D eigenvalue weighted by Gasteiger charge is -2.40. The Bertz CT molecular complexity index is 1140. The van der Waals surface area contributed by atoms with Crippen molar-refractivity contribution in [2.45, 2.75) is 64.8 Å². The molecule has 0 spiro atoms. The maximum atomic E-state index is 13.5. The Morgan fingerprint density at radius 2 is 1.89 bits per heavy atom. The van der Waals surface area contributed by atoms with E-state index in [0.29, 0.717) is 44.5 Å². The highest BCUT2D eigenvalue weighted by Crippen LogP contribution is 2.33. The van der Waals surface area contributed by atoms with Crippen LogP contribution in [-0.2, 0) is 27.1 Å². The third kappa shape index (κ3) is 5.75. The molecule has 1 saturated heterocycles. The summed E-state index contributed by atoms with van der Waals surface area (Å²) in [6.45, 7) is 5.07. The number of hydrogen-bond acceptors (Lipinski definition) is 6. The maximum absolute atomic E-state index is 13.5. The van der Waals surface area contributed by atoms with Gasteiger partial charge in [0, 0.05) is 42.7 Å². The Kier molecular flexibility index (Phi) is 8.67. The molecular formula is C27H34ClN3O5. The SMILES string of the molecule is CCCOC(=O)N1CCN(C(=O)c2ccc3c(Cl)c4c(nc3c2)CCCC4)CC1COC(=O)CCC. The molecule has 0 bridgehead atoms. The third-order valence-corrected chi connectivity index (χ3v) is 7.20. The molecule has 0 radical (unpaired) electrons. The summed E-state index contributed by atoms with van der Waals surface area (Å²) in [5.41, 5.74) is 3.39. The first-order valence-corrected chi connectivity index (χ1v) is 13.3. The van der Waals surface area contributed by atoms with Crippen LogP contribution in [0.15, 0.2) is 18.2 Å². The normalized spacial score (nSPS) is 17.6. The number of benzene rings is 1. The van der Waals surface area contributed by atoms with E-state index in [0.717, 1.165) is 52.9 Å². The number of piperazine rings is 1. The van der Waals surface area contributed by atoms with Crippen LogP contribution in [-0.4, -0.2) is 71.6 Å². The van der Waals surface area contributed by atoms with Crippen LogP contribution in [0.25, 0.3) is 10.9 Å². The van der Waals surface area contributed by atoms with Gasteiger partial charge in [-0.15, -0.1) is 0 Å². The Morgan fingerprint density at radius 1 is 1.08 bits per heavy atom. The third-order valence-electron chi connectivity index (χ3n) is 6.77. The fourth-order valence-corrected chi connectivity index (χ4v) is 5.21. The molecular weight excluding hydrogens is 482 g/mol. The van der Waals surface area contributed by atoms with Gasteiger partial charge in [-0.2, -0.15) is 0 Å². The Morgan fingerprint density at radius 3 is 2.67 bits per heavy atom. The first-order valence-electron chi connectivity index (χ1n) is 12.9. The smallest absolute Gasteiger partial charge is 0.410 e. The van der Waals surface area contributed by atoms with E-state index in [1.165, 1.54) is 0 Å². The highest BCUT2D eigenvalue weighted by molar-refractivity contribution is 6.36. The average Bonchev–Trinajstić information content (AvgIpc) is 2.90. The molecule has 1 aliphatic heterocycles. The van der Waals surface area contributed by atoms with Crippen molar-refractivity contribution in [2.75, 3.05) is 32.8 Å². The predicted molar refractivity (Wildman–Crippen MR) is 137 cm³/mol. The summed E-state index contributed by atoms with van der Waals surface area (Å²) >= 11 is 6.70. The fourth-order valence-electron chi connectivity index (χ4n) is 4.84. The molecule has 36 heavy (non-hydrogen) atoms. The fraction of sp³-hybridized carbons (Fsp3) is 0.556. The van der Waals surface area contributed by atoms with Gasteiger partial charge in [0.25, 0.3) is 5.91 Å². The lowest BCUT2D eigenvalue weighted by Crippen LogP contribution is -2.58. The molecule has 1 atom stereocenters. The van der Waals surface area contributed by atoms with E-state index in [1.54, 1.807) is 21.9 Å². The molecule has 1 fully saturated rings. The second-order valence-corrected chi connectivity index (χ2v) is 9.81. The van der Waals surface area contributed by atoms with Crippen LogP contribution >= 0.6 is 11.6 Å². The Balaban J connectivity index is 1.52. The van der Waals surface area contributed by atoms with Crippen LogP contribution in [0.2, 0.25) is 5.02 Å². The second-order valence-electron chi connectivity index (χ2n) is 9.44. The highest BCUT2D eigenvalue weighted by atomic mass is 35.5. The van der Waals surface area contributed by atoms with E-state index in [4.69, 9.17) is 26.1 Å². The number of nitrogens with zero attached hydrogens (tertiary/aromatic N) is 3. The number of halogens is 1. The van der Waals surface area contributed by atoms with E-state index >= 15 is 0 Å². The van der Waals surface area contributed by atoms with Gasteiger partial charge in [0.05, 0.1) is 23.2 Å². The van der Waals surface area contributed by atoms with Gasteiger partial charge < -0.3 is 14.4 Å². The van der Waals surface area contributed by atoms with Crippen LogP contribution in [0, 0.1) is 0 Å². The summed E-state index contributed by atoms with van der Waals surface area (Å²) in [6, 6.07) is 4.98. The maximum Gasteiger partial charge on any atom is 0.410 e. The van der Waals surface area contributed by atoms with Gasteiger partial charge in [-0.25, -0.2) is 4.79 Å². The Labute approximate surface area is 216 Å². The number of carbonyl (C=O) groups excluding carboxylic acids is 3. The molecule has 194 valence electrons.